The highest BCUT2D eigenvalue weighted by molar-refractivity contribution is 5.87. The Balaban J connectivity index is 2.02. The minimum atomic E-state index is -0.531. The number of nitrogen functional groups attached to an aromatic ring is 1. The van der Waals surface area contributed by atoms with E-state index in [1.165, 1.54) is 32.1 Å². The van der Waals surface area contributed by atoms with Crippen LogP contribution in [-0.2, 0) is 10.2 Å². The van der Waals surface area contributed by atoms with Crippen molar-refractivity contribution in [2.75, 3.05) is 5.73 Å². The second-order valence-electron chi connectivity index (χ2n) is 6.91. The molecule has 1 aromatic rings. The summed E-state index contributed by atoms with van der Waals surface area (Å²) < 4.78 is 0. The molecule has 3 heteroatoms. The zero-order valence-corrected chi connectivity index (χ0v) is 13.5. The van der Waals surface area contributed by atoms with Gasteiger partial charge >= 0.3 is 0 Å². The van der Waals surface area contributed by atoms with Crippen LogP contribution in [0, 0.1) is 5.92 Å². The molecule has 1 aliphatic rings. The lowest BCUT2D eigenvalue weighted by molar-refractivity contribution is -0.126. The van der Waals surface area contributed by atoms with Crippen molar-refractivity contribution in [2.24, 2.45) is 5.92 Å². The Morgan fingerprint density at radius 3 is 2.33 bits per heavy atom. The fraction of sp³-hybridized carbons (Fsp3) is 0.611. The number of nitrogens with two attached hydrogens (primary N) is 1. The second kappa shape index (κ2) is 6.50. The highest BCUT2D eigenvalue weighted by Crippen LogP contribution is 2.28. The van der Waals surface area contributed by atoms with E-state index in [0.717, 1.165) is 11.3 Å². The van der Waals surface area contributed by atoms with Crippen molar-refractivity contribution in [3.8, 4) is 0 Å². The van der Waals surface area contributed by atoms with Crippen LogP contribution in [0.5, 0.6) is 0 Å². The van der Waals surface area contributed by atoms with Gasteiger partial charge in [0.1, 0.15) is 0 Å². The topological polar surface area (TPSA) is 55.1 Å². The van der Waals surface area contributed by atoms with Crippen molar-refractivity contribution in [1.82, 2.24) is 5.32 Å². The van der Waals surface area contributed by atoms with Gasteiger partial charge in [-0.05, 0) is 57.2 Å². The molecule has 0 aliphatic heterocycles. The minimum absolute atomic E-state index is 0.102. The predicted octanol–water partition coefficient (Wildman–Crippen LogP) is 3.63. The zero-order chi connectivity index (χ0) is 15.5. The van der Waals surface area contributed by atoms with Gasteiger partial charge in [0.15, 0.2) is 0 Å². The summed E-state index contributed by atoms with van der Waals surface area (Å²) in [5.41, 5.74) is 6.92. The van der Waals surface area contributed by atoms with E-state index < -0.39 is 5.41 Å². The molecule has 3 N–H and O–H groups in total. The fourth-order valence-corrected chi connectivity index (χ4v) is 3.17. The third-order valence-corrected chi connectivity index (χ3v) is 4.92. The van der Waals surface area contributed by atoms with Gasteiger partial charge in [-0.15, -0.1) is 0 Å². The summed E-state index contributed by atoms with van der Waals surface area (Å²) in [6, 6.07) is 7.86. The first-order chi connectivity index (χ1) is 9.91. The second-order valence-corrected chi connectivity index (χ2v) is 6.91. The average Bonchev–Trinajstić information content (AvgIpc) is 2.48. The summed E-state index contributed by atoms with van der Waals surface area (Å²) in [5.74, 6) is 0.732. The number of amides is 1. The van der Waals surface area contributed by atoms with Gasteiger partial charge in [0, 0.05) is 11.7 Å². The third-order valence-electron chi connectivity index (χ3n) is 4.92. The van der Waals surface area contributed by atoms with Gasteiger partial charge in [-0.2, -0.15) is 0 Å². The molecule has 0 radical (unpaired) electrons. The van der Waals surface area contributed by atoms with Crippen LogP contribution in [0.1, 0.15) is 58.4 Å². The van der Waals surface area contributed by atoms with Gasteiger partial charge in [0.05, 0.1) is 5.41 Å². The number of carbonyl (C=O) groups is 1. The maximum absolute atomic E-state index is 12.7. The molecule has 0 bridgehead atoms. The standard InChI is InChI=1S/C18H28N2O/c1-13(14-7-5-4-6-8-14)20-17(21)18(2,3)15-9-11-16(19)12-10-15/h9-14H,4-8,19H2,1-3H3,(H,20,21)/t13-/m1/s1. The molecule has 1 aromatic carbocycles. The predicted molar refractivity (Wildman–Crippen MR) is 88.1 cm³/mol. The van der Waals surface area contributed by atoms with Crippen molar-refractivity contribution in [3.63, 3.8) is 0 Å². The van der Waals surface area contributed by atoms with E-state index in [2.05, 4.69) is 12.2 Å². The monoisotopic (exact) mass is 288 g/mol. The SMILES string of the molecule is C[C@@H](NC(=O)C(C)(C)c1ccc(N)cc1)C1CCCCC1. The number of hydrogen-bond acceptors (Lipinski definition) is 2. The Hall–Kier alpha value is -1.51. The molecule has 0 unspecified atom stereocenters. The van der Waals surface area contributed by atoms with Crippen LogP contribution >= 0.6 is 0 Å². The lowest BCUT2D eigenvalue weighted by Gasteiger charge is -2.32. The molecule has 0 saturated heterocycles. The summed E-state index contributed by atoms with van der Waals surface area (Å²) in [5, 5.41) is 3.23. The van der Waals surface area contributed by atoms with Gasteiger partial charge in [-0.3, -0.25) is 4.79 Å². The number of carbonyl (C=O) groups excluding carboxylic acids is 1. The summed E-state index contributed by atoms with van der Waals surface area (Å²) in [7, 11) is 0. The molecule has 0 aromatic heterocycles. The van der Waals surface area contributed by atoms with Crippen LogP contribution in [0.15, 0.2) is 24.3 Å². The lowest BCUT2D eigenvalue weighted by atomic mass is 9.81. The van der Waals surface area contributed by atoms with E-state index >= 15 is 0 Å². The fourth-order valence-electron chi connectivity index (χ4n) is 3.17. The summed E-state index contributed by atoms with van der Waals surface area (Å²) in [6.45, 7) is 6.09. The van der Waals surface area contributed by atoms with E-state index in [9.17, 15) is 4.79 Å². The first-order valence-corrected chi connectivity index (χ1v) is 8.08. The van der Waals surface area contributed by atoms with Crippen molar-refractivity contribution in [1.29, 1.82) is 0 Å². The van der Waals surface area contributed by atoms with Gasteiger partial charge < -0.3 is 11.1 Å². The Labute approximate surface area is 128 Å². The van der Waals surface area contributed by atoms with Crippen LogP contribution in [0.3, 0.4) is 0 Å². The molecule has 1 aliphatic carbocycles. The Bertz CT molecular complexity index is 472. The maximum atomic E-state index is 12.7. The molecular formula is C18H28N2O. The molecular weight excluding hydrogens is 260 g/mol. The minimum Gasteiger partial charge on any atom is -0.399 e. The number of rotatable bonds is 4. The molecule has 1 atom stereocenters. The van der Waals surface area contributed by atoms with Gasteiger partial charge in [-0.1, -0.05) is 31.4 Å². The molecule has 1 saturated carbocycles. The first kappa shape index (κ1) is 15.9. The van der Waals surface area contributed by atoms with Crippen molar-refractivity contribution < 1.29 is 4.79 Å². The van der Waals surface area contributed by atoms with Crippen LogP contribution in [0.25, 0.3) is 0 Å². The van der Waals surface area contributed by atoms with E-state index in [4.69, 9.17) is 5.73 Å². The smallest absolute Gasteiger partial charge is 0.230 e. The molecule has 116 valence electrons. The number of benzene rings is 1. The van der Waals surface area contributed by atoms with Crippen LogP contribution < -0.4 is 11.1 Å². The third kappa shape index (κ3) is 3.78. The number of nitrogens with one attached hydrogen (secondary N) is 1. The number of anilines is 1. The lowest BCUT2D eigenvalue weighted by Crippen LogP contribution is -2.47. The van der Waals surface area contributed by atoms with E-state index in [0.29, 0.717) is 5.92 Å². The Kier molecular flexibility index (Phi) is 4.92. The summed E-state index contributed by atoms with van der Waals surface area (Å²) in [4.78, 5) is 12.7. The highest BCUT2D eigenvalue weighted by atomic mass is 16.2. The van der Waals surface area contributed by atoms with Gasteiger partial charge in [0.2, 0.25) is 5.91 Å². The molecule has 2 rings (SSSR count). The number of hydrogen-bond donors (Lipinski definition) is 2. The van der Waals surface area contributed by atoms with Gasteiger partial charge in [-0.25, -0.2) is 0 Å². The van der Waals surface area contributed by atoms with Crippen LogP contribution in [0.2, 0.25) is 0 Å². The summed E-state index contributed by atoms with van der Waals surface area (Å²) >= 11 is 0. The molecule has 0 heterocycles. The Morgan fingerprint density at radius 1 is 1.19 bits per heavy atom. The average molecular weight is 288 g/mol. The molecule has 3 nitrogen and oxygen atoms in total. The maximum Gasteiger partial charge on any atom is 0.230 e. The molecule has 0 spiro atoms. The Morgan fingerprint density at radius 2 is 1.76 bits per heavy atom. The van der Waals surface area contributed by atoms with E-state index in [1.807, 2.05) is 38.1 Å². The van der Waals surface area contributed by atoms with E-state index in [-0.39, 0.29) is 11.9 Å². The van der Waals surface area contributed by atoms with Crippen molar-refractivity contribution in [2.45, 2.75) is 64.3 Å². The largest absolute Gasteiger partial charge is 0.399 e. The molecule has 1 amide bonds. The normalized spacial score (nSPS) is 18.2. The van der Waals surface area contributed by atoms with Crippen LogP contribution in [-0.4, -0.2) is 11.9 Å². The van der Waals surface area contributed by atoms with Crippen molar-refractivity contribution >= 4 is 11.6 Å². The van der Waals surface area contributed by atoms with E-state index in [1.54, 1.807) is 0 Å². The zero-order valence-electron chi connectivity index (χ0n) is 13.5. The first-order valence-electron chi connectivity index (χ1n) is 8.08. The molecule has 21 heavy (non-hydrogen) atoms. The molecule has 1 fully saturated rings. The van der Waals surface area contributed by atoms with Crippen molar-refractivity contribution in [3.05, 3.63) is 29.8 Å². The van der Waals surface area contributed by atoms with Gasteiger partial charge in [0.25, 0.3) is 0 Å². The quantitative estimate of drug-likeness (QED) is 0.831. The highest BCUT2D eigenvalue weighted by Gasteiger charge is 2.32. The summed E-state index contributed by atoms with van der Waals surface area (Å²) in [6.07, 6.45) is 6.42. The van der Waals surface area contributed by atoms with Crippen LogP contribution in [0.4, 0.5) is 5.69 Å².